The molecule has 0 aromatic heterocycles. The second-order valence-electron chi connectivity index (χ2n) is 1.38. The van der Waals surface area contributed by atoms with E-state index in [9.17, 15) is 9.18 Å². The fraction of sp³-hybridized carbons (Fsp3) is 0.600. The van der Waals surface area contributed by atoms with Crippen molar-refractivity contribution >= 4 is 11.8 Å². The molecule has 2 nitrogen and oxygen atoms in total. The second-order valence-corrected chi connectivity index (χ2v) is 1.38. The van der Waals surface area contributed by atoms with Gasteiger partial charge in [-0.05, 0) is 13.8 Å². The van der Waals surface area contributed by atoms with Crippen LogP contribution in [0.2, 0.25) is 0 Å². The Bertz CT molecular complexity index is 73.0. The van der Waals surface area contributed by atoms with Gasteiger partial charge in [-0.1, -0.05) is 0 Å². The van der Waals surface area contributed by atoms with E-state index >= 15 is 0 Å². The third kappa shape index (κ3) is 946. The smallest absolute Gasteiger partial charge is 0.298 e. The molecular weight excluding hydrogens is 252 g/mol. The fourth-order valence-electron chi connectivity index (χ4n) is 0. The maximum absolute atomic E-state index is 10.4. The summed E-state index contributed by atoms with van der Waals surface area (Å²) in [4.78, 5) is 18.2. The van der Waals surface area contributed by atoms with E-state index in [1.54, 1.807) is 0 Å². The Morgan fingerprint density at radius 3 is 1.11 bits per heavy atom. The molecule has 0 aromatic carbocycles. The van der Waals surface area contributed by atoms with Crippen LogP contribution >= 0.6 is 0 Å². The molecule has 0 saturated carbocycles. The number of hydrogen-bond acceptors (Lipinski definition) is 2. The maximum atomic E-state index is 10.4. The summed E-state index contributed by atoms with van der Waals surface area (Å²) >= 11 is 0. The first-order chi connectivity index (χ1) is 3.46. The van der Waals surface area contributed by atoms with Gasteiger partial charge >= 0.3 is 0 Å². The second kappa shape index (κ2) is 11.4. The maximum Gasteiger partial charge on any atom is 0.298 e. The number of carbonyl (C=O) groups is 2. The Balaban J connectivity index is -0.0000000720. The first kappa shape index (κ1) is 16.3. The van der Waals surface area contributed by atoms with E-state index in [2.05, 4.69) is 0 Å². The summed E-state index contributed by atoms with van der Waals surface area (Å²) in [6, 6.07) is -1.33. The van der Waals surface area contributed by atoms with Crippen molar-refractivity contribution in [3.05, 3.63) is 0 Å². The Morgan fingerprint density at radius 2 is 1.11 bits per heavy atom. The topological polar surface area (TPSA) is 34.1 Å². The van der Waals surface area contributed by atoms with E-state index < -0.39 is 6.04 Å². The molecule has 0 spiro atoms. The number of hydrogen-bond donors (Lipinski definition) is 0. The van der Waals surface area contributed by atoms with Gasteiger partial charge in [0.2, 0.25) is 0 Å². The Morgan fingerprint density at radius 1 is 1.11 bits per heavy atom. The van der Waals surface area contributed by atoms with Crippen LogP contribution in [0.5, 0.6) is 0 Å². The molecule has 0 aliphatic rings. The van der Waals surface area contributed by atoms with Crippen molar-refractivity contribution in [1.29, 1.82) is 0 Å². The van der Waals surface area contributed by atoms with Crippen LogP contribution in [0, 0.1) is 41.3 Å². The number of halogens is 1. The van der Waals surface area contributed by atoms with Crippen LogP contribution in [0.4, 0.5) is 4.39 Å². The molecule has 0 heterocycles. The Kier molecular flexibility index (Phi) is 20.7. The number of rotatable bonds is 0. The van der Waals surface area contributed by atoms with Crippen LogP contribution in [0.1, 0.15) is 20.8 Å². The predicted octanol–water partition coefficient (Wildman–Crippen LogP) is 1.10. The normalized spacial score (nSPS) is 5.78. The average Bonchev–Trinajstić information content (AvgIpc) is 1.25. The third-order valence-electron chi connectivity index (χ3n) is 0. The van der Waals surface area contributed by atoms with Gasteiger partial charge in [0.1, 0.15) is 5.78 Å². The van der Waals surface area contributed by atoms with Crippen molar-refractivity contribution in [2.45, 2.75) is 20.8 Å². The molecule has 0 saturated heterocycles. The Labute approximate surface area is 87.1 Å². The number of Topliss-reactive ketones (excluding diaryl/α,β-unsaturated/α-hetero) is 1. The molecule has 0 aromatic rings. The van der Waals surface area contributed by atoms with E-state index in [1.165, 1.54) is 13.8 Å². The van der Waals surface area contributed by atoms with Crippen LogP contribution in [0.15, 0.2) is 0 Å². The minimum atomic E-state index is -1.33. The molecule has 0 amide bonds. The summed E-state index contributed by atoms with van der Waals surface area (Å²) in [6.07, 6.45) is 0. The van der Waals surface area contributed by atoms with Crippen molar-refractivity contribution in [3.8, 4) is 0 Å². The molecule has 0 N–H and O–H groups in total. The molecule has 0 unspecified atom stereocenters. The molecule has 0 rings (SSSR count). The first-order valence-electron chi connectivity index (χ1n) is 2.10. The van der Waals surface area contributed by atoms with Gasteiger partial charge in [-0.2, -0.15) is 4.39 Å². The van der Waals surface area contributed by atoms with E-state index in [0.29, 0.717) is 0 Å². The van der Waals surface area contributed by atoms with Gasteiger partial charge in [0.15, 0.2) is 0 Å². The van der Waals surface area contributed by atoms with Crippen molar-refractivity contribution < 1.29 is 55.3 Å². The molecule has 0 aliphatic heterocycles. The van der Waals surface area contributed by atoms with Crippen LogP contribution in [0.25, 0.3) is 0 Å². The van der Waals surface area contributed by atoms with E-state index in [-0.39, 0.29) is 47.1 Å². The summed E-state index contributed by atoms with van der Waals surface area (Å²) in [5, 5.41) is 0. The van der Waals surface area contributed by atoms with Gasteiger partial charge in [-0.3, -0.25) is 4.79 Å². The van der Waals surface area contributed by atoms with E-state index in [0.717, 1.165) is 6.92 Å². The van der Waals surface area contributed by atoms with Crippen LogP contribution in [-0.2, 0) is 9.59 Å². The van der Waals surface area contributed by atoms with Gasteiger partial charge in [0, 0.05) is 48.2 Å². The first-order valence-corrected chi connectivity index (χ1v) is 2.10. The van der Waals surface area contributed by atoms with Gasteiger partial charge in [0.05, 0.1) is 0 Å². The van der Waals surface area contributed by atoms with Gasteiger partial charge in [-0.15, -0.1) is 0 Å². The average molecular weight is 261 g/mol. The van der Waals surface area contributed by atoms with Gasteiger partial charge < -0.3 is 4.79 Å². The van der Waals surface area contributed by atoms with Crippen molar-refractivity contribution in [3.63, 3.8) is 0 Å². The largest absolute Gasteiger partial charge is 0.300 e. The van der Waals surface area contributed by atoms with Gasteiger partial charge in [0.25, 0.3) is 6.04 Å². The van der Waals surface area contributed by atoms with Crippen molar-refractivity contribution in [2.75, 3.05) is 0 Å². The van der Waals surface area contributed by atoms with E-state index in [4.69, 9.17) is 4.79 Å². The summed E-state index contributed by atoms with van der Waals surface area (Å²) in [7, 11) is 0. The molecule has 0 atom stereocenters. The molecule has 0 aliphatic carbocycles. The summed E-state index contributed by atoms with van der Waals surface area (Å²) in [5.41, 5.74) is 0. The van der Waals surface area contributed by atoms with E-state index in [1.807, 2.05) is 0 Å². The van der Waals surface area contributed by atoms with Crippen molar-refractivity contribution in [2.24, 2.45) is 0 Å². The SMILES string of the molecule is CC(=O)F.CC(C)=O.[Pr]. The molecule has 51 valence electrons. The number of carbonyl (C=O) groups excluding carboxylic acids is 2. The molecular formula is C5H9FO2Pr. The predicted molar refractivity (Wildman–Crippen MR) is 28.1 cm³/mol. The summed E-state index contributed by atoms with van der Waals surface area (Å²) in [6.45, 7) is 3.92. The molecule has 0 fully saturated rings. The van der Waals surface area contributed by atoms with Crippen LogP contribution < -0.4 is 0 Å². The zero-order chi connectivity index (χ0) is 7.15. The standard InChI is InChI=1S/C3H6O.C2H3FO.Pr/c1-3(2)4;1-2(3)4;/h1-2H3;1H3;. The third-order valence-corrected chi connectivity index (χ3v) is 0. The minimum Gasteiger partial charge on any atom is -0.300 e. The Hall–Kier alpha value is 0.634. The molecule has 0 bridgehead atoms. The summed E-state index contributed by atoms with van der Waals surface area (Å²) in [5.74, 6) is 0.167. The minimum absolute atomic E-state index is 0. The number of ketones is 1. The van der Waals surface area contributed by atoms with Gasteiger partial charge in [-0.25, -0.2) is 0 Å². The zero-order valence-electron chi connectivity index (χ0n) is 5.77. The van der Waals surface area contributed by atoms with Crippen molar-refractivity contribution in [1.82, 2.24) is 0 Å². The molecule has 9 heavy (non-hydrogen) atoms. The zero-order valence-corrected chi connectivity index (χ0v) is 9.48. The summed E-state index contributed by atoms with van der Waals surface area (Å²) < 4.78 is 10.4. The molecule has 1 radical (unpaired) electrons. The quantitative estimate of drug-likeness (QED) is 0.612. The fourth-order valence-corrected chi connectivity index (χ4v) is 0. The molecule has 4 heteroatoms. The van der Waals surface area contributed by atoms with Crippen LogP contribution in [0.3, 0.4) is 0 Å². The monoisotopic (exact) mass is 261 g/mol. The van der Waals surface area contributed by atoms with Crippen LogP contribution in [-0.4, -0.2) is 11.8 Å².